The maximum absolute atomic E-state index is 5.83. The highest BCUT2D eigenvalue weighted by atomic mass is 80.0. The van der Waals surface area contributed by atoms with Crippen LogP contribution >= 0.6 is 95.6 Å². The number of fused-ring (bicyclic) bond motifs is 2. The normalized spacial score (nSPS) is 43.6. The number of halogens is 6. The molecule has 4 fully saturated rings. The van der Waals surface area contributed by atoms with Gasteiger partial charge in [-0.15, -0.1) is 0 Å². The van der Waals surface area contributed by atoms with Gasteiger partial charge in [-0.25, -0.2) is 0 Å². The van der Waals surface area contributed by atoms with Gasteiger partial charge in [-0.1, -0.05) is 95.6 Å². The van der Waals surface area contributed by atoms with Crippen molar-refractivity contribution in [2.45, 2.75) is 67.2 Å². The van der Waals surface area contributed by atoms with Crippen LogP contribution in [0.2, 0.25) is 0 Å². The second-order valence-electron chi connectivity index (χ2n) is 7.31. The van der Waals surface area contributed by atoms with Gasteiger partial charge in [0.15, 0.2) is 0 Å². The van der Waals surface area contributed by atoms with Gasteiger partial charge < -0.3 is 9.47 Å². The molecule has 0 bridgehead atoms. The van der Waals surface area contributed by atoms with Crippen molar-refractivity contribution in [2.75, 3.05) is 0 Å². The van der Waals surface area contributed by atoms with Crippen molar-refractivity contribution < 1.29 is 9.47 Å². The molecule has 23 heavy (non-hydrogen) atoms. The highest BCUT2D eigenvalue weighted by molar-refractivity contribution is 9.40. The Kier molecular flexibility index (Phi) is 5.33. The van der Waals surface area contributed by atoms with Gasteiger partial charge in [0, 0.05) is 5.41 Å². The average molecular weight is 710 g/mol. The van der Waals surface area contributed by atoms with Gasteiger partial charge in [-0.3, -0.25) is 0 Å². The van der Waals surface area contributed by atoms with Crippen LogP contribution in [0.5, 0.6) is 0 Å². The van der Waals surface area contributed by atoms with Crippen LogP contribution in [-0.2, 0) is 9.47 Å². The van der Waals surface area contributed by atoms with Gasteiger partial charge in [0.05, 0.1) is 24.4 Å². The largest absolute Gasteiger partial charge is 0.370 e. The summed E-state index contributed by atoms with van der Waals surface area (Å²) < 4.78 is 10.9. The van der Waals surface area contributed by atoms with Crippen molar-refractivity contribution >= 4 is 95.6 Å². The Morgan fingerprint density at radius 2 is 0.957 bits per heavy atom. The molecule has 8 heteroatoms. The van der Waals surface area contributed by atoms with Gasteiger partial charge in [0.2, 0.25) is 0 Å². The fraction of sp³-hybridized carbons (Fsp3) is 1.00. The second-order valence-corrected chi connectivity index (χ2v) is 20.8. The monoisotopic (exact) mass is 704 g/mol. The van der Waals surface area contributed by atoms with Gasteiger partial charge in [0.1, 0.15) is 4.29 Å². The van der Waals surface area contributed by atoms with Crippen LogP contribution < -0.4 is 0 Å². The molecule has 0 spiro atoms. The minimum absolute atomic E-state index is 0.131. The van der Waals surface area contributed by atoms with Crippen molar-refractivity contribution in [3.05, 3.63) is 0 Å². The van der Waals surface area contributed by atoms with Crippen LogP contribution in [0.1, 0.15) is 38.5 Å². The Morgan fingerprint density at radius 1 is 0.565 bits per heavy atom. The van der Waals surface area contributed by atoms with Crippen molar-refractivity contribution in [1.29, 1.82) is 0 Å². The zero-order chi connectivity index (χ0) is 16.6. The molecule has 6 unspecified atom stereocenters. The fourth-order valence-electron chi connectivity index (χ4n) is 5.06. The lowest BCUT2D eigenvalue weighted by Crippen LogP contribution is -2.57. The van der Waals surface area contributed by atoms with Crippen LogP contribution in [0.4, 0.5) is 0 Å². The molecule has 2 aliphatic heterocycles. The molecule has 0 amide bonds. The summed E-state index contributed by atoms with van der Waals surface area (Å²) in [5.41, 5.74) is -0.131. The van der Waals surface area contributed by atoms with E-state index in [0.29, 0.717) is 36.3 Å². The molecular weight excluding hydrogens is 692 g/mol. The third kappa shape index (κ3) is 3.27. The smallest absolute Gasteiger partial charge is 0.144 e. The summed E-state index contributed by atoms with van der Waals surface area (Å²) in [7, 11) is 0. The lowest BCUT2D eigenvalue weighted by atomic mass is 9.60. The summed E-state index contributed by atoms with van der Waals surface area (Å²) in [6.07, 6.45) is 8.85. The summed E-state index contributed by atoms with van der Waals surface area (Å²) >= 11 is 23.6. The third-order valence-corrected chi connectivity index (χ3v) is 10.2. The predicted molar refractivity (Wildman–Crippen MR) is 113 cm³/mol. The number of alkyl halides is 6. The van der Waals surface area contributed by atoms with E-state index in [0.717, 1.165) is 12.8 Å². The first kappa shape index (κ1) is 19.1. The second kappa shape index (κ2) is 6.41. The molecule has 4 aliphatic rings. The first-order valence-corrected chi connectivity index (χ1v) is 12.8. The number of rotatable bonds is 2. The third-order valence-electron chi connectivity index (χ3n) is 6.23. The maximum Gasteiger partial charge on any atom is 0.144 e. The zero-order valence-electron chi connectivity index (χ0n) is 12.3. The van der Waals surface area contributed by atoms with E-state index in [1.165, 1.54) is 25.7 Å². The molecule has 2 aliphatic carbocycles. The van der Waals surface area contributed by atoms with Crippen molar-refractivity contribution in [3.63, 3.8) is 0 Å². The average Bonchev–Trinajstić information content (AvgIpc) is 3.29. The van der Waals surface area contributed by atoms with Crippen molar-refractivity contribution in [2.24, 2.45) is 17.3 Å². The van der Waals surface area contributed by atoms with E-state index in [1.807, 2.05) is 0 Å². The van der Waals surface area contributed by atoms with E-state index in [-0.39, 0.29) is 5.41 Å². The molecule has 2 saturated carbocycles. The lowest BCUT2D eigenvalue weighted by molar-refractivity contribution is 0.0567. The van der Waals surface area contributed by atoms with Gasteiger partial charge >= 0.3 is 0 Å². The van der Waals surface area contributed by atoms with Crippen LogP contribution in [0.3, 0.4) is 0 Å². The molecule has 4 rings (SSSR count). The minimum Gasteiger partial charge on any atom is -0.370 e. The molecule has 6 atom stereocenters. The Labute approximate surface area is 187 Å². The van der Waals surface area contributed by atoms with Crippen molar-refractivity contribution in [1.82, 2.24) is 0 Å². The molecule has 2 saturated heterocycles. The highest BCUT2D eigenvalue weighted by Gasteiger charge is 2.69. The Bertz CT molecular complexity index is 443. The number of ether oxygens (including phenoxy) is 2. The molecule has 132 valence electrons. The van der Waals surface area contributed by atoms with Gasteiger partial charge in [-0.2, -0.15) is 0 Å². The van der Waals surface area contributed by atoms with Crippen LogP contribution in [-0.4, -0.2) is 28.7 Å². The fourth-order valence-corrected chi connectivity index (χ4v) is 13.1. The Balaban J connectivity index is 1.73. The number of epoxide rings is 2. The Hall–Kier alpha value is 2.80. The predicted octanol–water partition coefficient (Wildman–Crippen LogP) is 6.78. The van der Waals surface area contributed by atoms with E-state index < -0.39 is 4.29 Å². The highest BCUT2D eigenvalue weighted by Crippen LogP contribution is 2.73. The van der Waals surface area contributed by atoms with E-state index in [4.69, 9.17) is 9.47 Å². The molecule has 2 nitrogen and oxygen atoms in total. The summed E-state index contributed by atoms with van der Waals surface area (Å²) in [5, 5.41) is 0. The molecule has 0 aromatic carbocycles. The summed E-state index contributed by atoms with van der Waals surface area (Å²) in [6, 6.07) is 0. The number of hydrogen-bond donors (Lipinski definition) is 0. The molecule has 0 radical (unpaired) electrons. The van der Waals surface area contributed by atoms with Crippen molar-refractivity contribution in [3.8, 4) is 0 Å². The van der Waals surface area contributed by atoms with E-state index >= 15 is 0 Å². The number of hydrogen-bond acceptors (Lipinski definition) is 2. The van der Waals surface area contributed by atoms with E-state index in [9.17, 15) is 0 Å². The molecule has 0 aromatic rings. The zero-order valence-corrected chi connectivity index (χ0v) is 21.8. The van der Waals surface area contributed by atoms with Gasteiger partial charge in [-0.05, 0) is 50.4 Å². The van der Waals surface area contributed by atoms with E-state index in [2.05, 4.69) is 95.6 Å². The lowest BCUT2D eigenvalue weighted by Gasteiger charge is -2.57. The maximum atomic E-state index is 5.83. The molecule has 0 N–H and O–H groups in total. The topological polar surface area (TPSA) is 25.1 Å². The SMILES string of the molecule is BrC(Br)(Br)C(C1CCC2OC2C1)(C1CCC2OC2C1)C(Br)(Br)Br. The summed E-state index contributed by atoms with van der Waals surface area (Å²) in [6.45, 7) is 0. The first-order chi connectivity index (χ1) is 10.6. The minimum atomic E-state index is -0.394. The Morgan fingerprint density at radius 3 is 1.26 bits per heavy atom. The van der Waals surface area contributed by atoms with E-state index in [1.54, 1.807) is 0 Å². The van der Waals surface area contributed by atoms with Gasteiger partial charge in [0.25, 0.3) is 0 Å². The summed E-state index contributed by atoms with van der Waals surface area (Å²) in [4.78, 5) is 0. The molecular formula is C15H18Br6O2. The quantitative estimate of drug-likeness (QED) is 0.233. The summed E-state index contributed by atoms with van der Waals surface area (Å²) in [5.74, 6) is 1.03. The molecule has 0 aromatic heterocycles. The van der Waals surface area contributed by atoms with Crippen LogP contribution in [0, 0.1) is 17.3 Å². The standard InChI is InChI=1S/C15H18Br6O2/c16-14(17,18)13(15(19,20)21,7-1-3-9-11(5-7)22-9)8-2-4-10-12(6-8)23-10/h7-12H,1-6H2. The first-order valence-electron chi connectivity index (χ1n) is 8.09. The molecule has 2 heterocycles. The van der Waals surface area contributed by atoms with Crippen LogP contribution in [0.25, 0.3) is 0 Å². The van der Waals surface area contributed by atoms with Crippen LogP contribution in [0.15, 0.2) is 0 Å².